The fraction of sp³-hybridized carbons (Fsp3) is 0.615. The molecule has 0 atom stereocenters. The van der Waals surface area contributed by atoms with E-state index in [1.807, 2.05) is 4.90 Å². The van der Waals surface area contributed by atoms with Crippen LogP contribution < -0.4 is 4.90 Å². The van der Waals surface area contributed by atoms with Crippen molar-refractivity contribution in [3.63, 3.8) is 0 Å². The van der Waals surface area contributed by atoms with Crippen molar-refractivity contribution in [1.82, 2.24) is 4.98 Å². The summed E-state index contributed by atoms with van der Waals surface area (Å²) in [6.07, 6.45) is -2.60. The van der Waals surface area contributed by atoms with Crippen molar-refractivity contribution >= 4 is 5.69 Å². The van der Waals surface area contributed by atoms with E-state index in [2.05, 4.69) is 4.98 Å². The average molecular weight is 292 g/mol. The van der Waals surface area contributed by atoms with Crippen LogP contribution in [0.25, 0.3) is 0 Å². The zero-order chi connectivity index (χ0) is 14.6. The number of aromatic nitrogens is 1. The van der Waals surface area contributed by atoms with Crippen molar-refractivity contribution in [1.29, 1.82) is 0 Å². The normalized spacial score (nSPS) is 23.9. The van der Waals surface area contributed by atoms with Gasteiger partial charge in [-0.15, -0.1) is 0 Å². The van der Waals surface area contributed by atoms with Crippen LogP contribution in [-0.2, 0) is 6.18 Å². The fourth-order valence-corrected chi connectivity index (χ4v) is 2.86. The van der Waals surface area contributed by atoms with Crippen LogP contribution in [0.4, 0.5) is 27.6 Å². The first-order chi connectivity index (χ1) is 9.24. The Kier molecular flexibility index (Phi) is 2.75. The average Bonchev–Trinajstić information content (AvgIpc) is 2.90. The van der Waals surface area contributed by atoms with Crippen molar-refractivity contribution < 1.29 is 22.0 Å². The van der Waals surface area contributed by atoms with E-state index in [-0.39, 0.29) is 6.42 Å². The molecule has 1 aromatic heterocycles. The van der Waals surface area contributed by atoms with E-state index >= 15 is 0 Å². The Morgan fingerprint density at radius 1 is 1.10 bits per heavy atom. The Morgan fingerprint density at radius 3 is 2.10 bits per heavy atom. The van der Waals surface area contributed by atoms with Crippen LogP contribution in [-0.4, -0.2) is 24.0 Å². The van der Waals surface area contributed by atoms with Gasteiger partial charge < -0.3 is 4.90 Å². The van der Waals surface area contributed by atoms with Gasteiger partial charge in [0.15, 0.2) is 0 Å². The van der Waals surface area contributed by atoms with Crippen molar-refractivity contribution in [3.05, 3.63) is 24.0 Å². The highest BCUT2D eigenvalue weighted by atomic mass is 19.4. The third-order valence-electron chi connectivity index (χ3n) is 4.34. The lowest BCUT2D eigenvalue weighted by Gasteiger charge is -2.33. The summed E-state index contributed by atoms with van der Waals surface area (Å²) < 4.78 is 63.7. The molecule has 2 heterocycles. The molecule has 0 unspecified atom stereocenters. The molecule has 1 aromatic rings. The monoisotopic (exact) mass is 292 g/mol. The number of hydrogen-bond acceptors (Lipinski definition) is 2. The van der Waals surface area contributed by atoms with Gasteiger partial charge in [-0.3, -0.25) is 0 Å². The molecule has 1 saturated carbocycles. The predicted molar refractivity (Wildman–Crippen MR) is 62.7 cm³/mol. The Hall–Kier alpha value is -1.40. The largest absolute Gasteiger partial charge is 0.433 e. The van der Waals surface area contributed by atoms with Gasteiger partial charge in [-0.1, -0.05) is 0 Å². The summed E-state index contributed by atoms with van der Waals surface area (Å²) in [7, 11) is 0. The Labute approximate surface area is 112 Å². The van der Waals surface area contributed by atoms with E-state index in [4.69, 9.17) is 0 Å². The van der Waals surface area contributed by atoms with Gasteiger partial charge in [0.2, 0.25) is 0 Å². The van der Waals surface area contributed by atoms with Crippen molar-refractivity contribution in [3.8, 4) is 0 Å². The van der Waals surface area contributed by atoms with Gasteiger partial charge in [-0.05, 0) is 25.0 Å². The number of nitrogens with zero attached hydrogens (tertiary/aromatic N) is 2. The van der Waals surface area contributed by atoms with Gasteiger partial charge in [0.25, 0.3) is 5.92 Å². The first kappa shape index (κ1) is 13.6. The molecule has 0 N–H and O–H groups in total. The maximum absolute atomic E-state index is 13.2. The quantitative estimate of drug-likeness (QED) is 0.733. The zero-order valence-corrected chi connectivity index (χ0v) is 10.6. The summed E-state index contributed by atoms with van der Waals surface area (Å²) >= 11 is 0. The molecule has 0 bridgehead atoms. The Bertz CT molecular complexity index is 500. The van der Waals surface area contributed by atoms with E-state index in [1.54, 1.807) is 0 Å². The summed E-state index contributed by atoms with van der Waals surface area (Å²) in [5, 5.41) is 0. The first-order valence-corrected chi connectivity index (χ1v) is 6.40. The number of anilines is 1. The van der Waals surface area contributed by atoms with Crippen LogP contribution in [0.3, 0.4) is 0 Å². The molecular weight excluding hydrogens is 279 g/mol. The van der Waals surface area contributed by atoms with Gasteiger partial charge >= 0.3 is 6.18 Å². The lowest BCUT2D eigenvalue weighted by Crippen LogP contribution is -2.36. The minimum absolute atomic E-state index is 0.0564. The minimum Gasteiger partial charge on any atom is -0.370 e. The third-order valence-corrected chi connectivity index (χ3v) is 4.34. The second-order valence-electron chi connectivity index (χ2n) is 5.55. The summed E-state index contributed by atoms with van der Waals surface area (Å²) in [5.74, 6) is -2.56. The number of alkyl halides is 5. The van der Waals surface area contributed by atoms with Crippen LogP contribution in [0.5, 0.6) is 0 Å². The van der Waals surface area contributed by atoms with Gasteiger partial charge in [-0.25, -0.2) is 13.8 Å². The predicted octanol–water partition coefficient (Wildman–Crippen LogP) is 3.73. The SMILES string of the molecule is FC(F)(F)c1ccc(N2CCC3(CC2)CC3(F)F)cn1. The van der Waals surface area contributed by atoms with Crippen molar-refractivity contribution in [2.24, 2.45) is 5.41 Å². The highest BCUT2D eigenvalue weighted by Crippen LogP contribution is 2.65. The van der Waals surface area contributed by atoms with Gasteiger partial charge in [-0.2, -0.15) is 13.2 Å². The first-order valence-electron chi connectivity index (χ1n) is 6.40. The van der Waals surface area contributed by atoms with Gasteiger partial charge in [0.05, 0.1) is 11.9 Å². The molecule has 1 saturated heterocycles. The molecule has 110 valence electrons. The molecule has 1 spiro atoms. The highest BCUT2D eigenvalue weighted by Gasteiger charge is 2.70. The molecular formula is C13H13F5N2. The van der Waals surface area contributed by atoms with Crippen LogP contribution >= 0.6 is 0 Å². The van der Waals surface area contributed by atoms with Crippen LogP contribution in [0.2, 0.25) is 0 Å². The minimum atomic E-state index is -4.46. The topological polar surface area (TPSA) is 16.1 Å². The Morgan fingerprint density at radius 2 is 1.70 bits per heavy atom. The maximum atomic E-state index is 13.2. The molecule has 2 fully saturated rings. The molecule has 0 aromatic carbocycles. The van der Waals surface area contributed by atoms with Gasteiger partial charge in [0, 0.05) is 24.9 Å². The van der Waals surface area contributed by atoms with Crippen molar-refractivity contribution in [2.75, 3.05) is 18.0 Å². The van der Waals surface area contributed by atoms with Crippen LogP contribution in [0.15, 0.2) is 18.3 Å². The number of piperidine rings is 1. The van der Waals surface area contributed by atoms with E-state index < -0.39 is 23.2 Å². The summed E-state index contributed by atoms with van der Waals surface area (Å²) in [6, 6.07) is 2.27. The van der Waals surface area contributed by atoms with Crippen molar-refractivity contribution in [2.45, 2.75) is 31.4 Å². The lowest BCUT2D eigenvalue weighted by molar-refractivity contribution is -0.141. The van der Waals surface area contributed by atoms with Gasteiger partial charge in [0.1, 0.15) is 5.69 Å². The fourth-order valence-electron chi connectivity index (χ4n) is 2.86. The maximum Gasteiger partial charge on any atom is 0.433 e. The molecule has 2 nitrogen and oxygen atoms in total. The Balaban J connectivity index is 1.67. The standard InChI is InChI=1S/C13H13F5N2/c14-12(15)8-11(12)3-5-20(6-4-11)9-1-2-10(19-7-9)13(16,17)18/h1-2,7H,3-6,8H2. The van der Waals surface area contributed by atoms with Crippen LogP contribution in [0, 0.1) is 5.41 Å². The molecule has 3 rings (SSSR count). The summed E-state index contributed by atoms with van der Waals surface area (Å²) in [5.41, 5.74) is -1.25. The highest BCUT2D eigenvalue weighted by molar-refractivity contribution is 5.45. The van der Waals surface area contributed by atoms with E-state index in [1.165, 1.54) is 6.07 Å². The number of rotatable bonds is 1. The van der Waals surface area contributed by atoms with Crippen LogP contribution in [0.1, 0.15) is 25.0 Å². The molecule has 2 aliphatic rings. The molecule has 0 amide bonds. The second kappa shape index (κ2) is 4.05. The lowest BCUT2D eigenvalue weighted by atomic mass is 9.92. The molecule has 1 aliphatic heterocycles. The van der Waals surface area contributed by atoms with E-state index in [0.29, 0.717) is 31.6 Å². The second-order valence-corrected chi connectivity index (χ2v) is 5.55. The molecule has 7 heteroatoms. The molecule has 1 aliphatic carbocycles. The van der Waals surface area contributed by atoms with E-state index in [9.17, 15) is 22.0 Å². The third kappa shape index (κ3) is 2.13. The number of halogens is 5. The van der Waals surface area contributed by atoms with E-state index in [0.717, 1.165) is 12.3 Å². The molecule has 20 heavy (non-hydrogen) atoms. The summed E-state index contributed by atoms with van der Waals surface area (Å²) in [6.45, 7) is 0.866. The summed E-state index contributed by atoms with van der Waals surface area (Å²) in [4.78, 5) is 5.20. The number of pyridine rings is 1. The number of hydrogen-bond donors (Lipinski definition) is 0. The molecule has 0 radical (unpaired) electrons. The smallest absolute Gasteiger partial charge is 0.370 e. The zero-order valence-electron chi connectivity index (χ0n) is 10.6.